The van der Waals surface area contributed by atoms with Gasteiger partial charge in [-0.2, -0.15) is 9.78 Å². The molecule has 0 unspecified atom stereocenters. The molecule has 0 saturated heterocycles. The molecular weight excluding hydrogens is 467 g/mol. The first kappa shape index (κ1) is 20.8. The van der Waals surface area contributed by atoms with E-state index in [0.29, 0.717) is 39.3 Å². The van der Waals surface area contributed by atoms with Gasteiger partial charge in [0.1, 0.15) is 11.6 Å². The van der Waals surface area contributed by atoms with Gasteiger partial charge in [-0.3, -0.25) is 0 Å². The van der Waals surface area contributed by atoms with E-state index in [2.05, 4.69) is 31.2 Å². The van der Waals surface area contributed by atoms with E-state index in [1.165, 1.54) is 17.8 Å². The smallest absolute Gasteiger partial charge is 0.212 e. The van der Waals surface area contributed by atoms with Crippen LogP contribution >= 0.6 is 39.3 Å². The normalized spacial score (nSPS) is 11.4. The molecule has 3 rings (SSSR count). The van der Waals surface area contributed by atoms with Crippen LogP contribution in [0.3, 0.4) is 0 Å². The summed E-state index contributed by atoms with van der Waals surface area (Å²) in [6.45, 7) is 2.04. The van der Waals surface area contributed by atoms with Gasteiger partial charge in [0.05, 0.1) is 6.21 Å². The van der Waals surface area contributed by atoms with Gasteiger partial charge in [0.2, 0.25) is 5.16 Å². The predicted molar refractivity (Wildman–Crippen MR) is 114 cm³/mol. The van der Waals surface area contributed by atoms with Crippen LogP contribution in [0.5, 0.6) is 5.75 Å². The van der Waals surface area contributed by atoms with Crippen LogP contribution in [-0.4, -0.2) is 26.2 Å². The molecule has 3 aromatic rings. The Morgan fingerprint density at radius 3 is 2.89 bits per heavy atom. The topological polar surface area (TPSA) is 63.3 Å². The number of rotatable bonds is 7. The average Bonchev–Trinajstić information content (AvgIpc) is 3.04. The van der Waals surface area contributed by atoms with Gasteiger partial charge < -0.3 is 5.11 Å². The van der Waals surface area contributed by atoms with Crippen LogP contribution in [0.1, 0.15) is 30.3 Å². The Labute approximate surface area is 179 Å². The lowest BCUT2D eigenvalue weighted by molar-refractivity contribution is 0.474. The minimum Gasteiger partial charge on any atom is -0.507 e. The summed E-state index contributed by atoms with van der Waals surface area (Å²) in [6, 6.07) is 9.69. The number of hydrogen-bond donors (Lipinski definition) is 1. The molecule has 0 amide bonds. The Morgan fingerprint density at radius 2 is 2.14 bits per heavy atom. The fourth-order valence-electron chi connectivity index (χ4n) is 2.44. The Bertz CT molecular complexity index is 991. The van der Waals surface area contributed by atoms with Gasteiger partial charge in [-0.25, -0.2) is 4.39 Å². The Morgan fingerprint density at radius 1 is 1.32 bits per heavy atom. The summed E-state index contributed by atoms with van der Waals surface area (Å²) in [5.41, 5.74) is 0.966. The maximum Gasteiger partial charge on any atom is 0.212 e. The molecule has 1 N–H and O–H groups in total. The molecule has 0 atom stereocenters. The molecule has 0 radical (unpaired) electrons. The van der Waals surface area contributed by atoms with Crippen LogP contribution in [0.4, 0.5) is 4.39 Å². The lowest BCUT2D eigenvalue weighted by Crippen LogP contribution is -2.01. The molecule has 2 aromatic carbocycles. The van der Waals surface area contributed by atoms with Gasteiger partial charge in [0.15, 0.2) is 5.82 Å². The van der Waals surface area contributed by atoms with Crippen molar-refractivity contribution in [3.05, 3.63) is 68.7 Å². The molecule has 0 aliphatic heterocycles. The molecule has 1 aromatic heterocycles. The van der Waals surface area contributed by atoms with E-state index in [4.69, 9.17) is 11.6 Å². The van der Waals surface area contributed by atoms with E-state index in [-0.39, 0.29) is 11.6 Å². The molecule has 0 fully saturated rings. The zero-order valence-electron chi connectivity index (χ0n) is 14.9. The quantitative estimate of drug-likeness (QED) is 0.348. The molecule has 0 spiro atoms. The van der Waals surface area contributed by atoms with Crippen LogP contribution in [0.25, 0.3) is 0 Å². The molecule has 1 heterocycles. The first-order chi connectivity index (χ1) is 13.5. The number of aryl methyl sites for hydroxylation is 1. The largest absolute Gasteiger partial charge is 0.507 e. The third-order valence-corrected chi connectivity index (χ3v) is 5.65. The van der Waals surface area contributed by atoms with Crippen LogP contribution in [0.2, 0.25) is 5.02 Å². The predicted octanol–water partition coefficient (Wildman–Crippen LogP) is 5.67. The van der Waals surface area contributed by atoms with Crippen molar-refractivity contribution in [2.75, 3.05) is 0 Å². The summed E-state index contributed by atoms with van der Waals surface area (Å²) in [4.78, 5) is 0. The number of nitrogens with zero attached hydrogens (tertiary/aromatic N) is 4. The summed E-state index contributed by atoms with van der Waals surface area (Å²) in [5.74, 6) is 0.745. The maximum absolute atomic E-state index is 14.0. The van der Waals surface area contributed by atoms with Crippen LogP contribution in [0.15, 0.2) is 51.1 Å². The van der Waals surface area contributed by atoms with E-state index in [1.54, 1.807) is 41.2 Å². The van der Waals surface area contributed by atoms with Gasteiger partial charge in [-0.05, 0) is 36.8 Å². The number of hydrogen-bond acceptors (Lipinski definition) is 5. The van der Waals surface area contributed by atoms with Gasteiger partial charge in [0, 0.05) is 32.8 Å². The highest BCUT2D eigenvalue weighted by Crippen LogP contribution is 2.28. The fraction of sp³-hybridized carbons (Fsp3) is 0.211. The van der Waals surface area contributed by atoms with E-state index >= 15 is 0 Å². The van der Waals surface area contributed by atoms with Gasteiger partial charge in [-0.1, -0.05) is 52.3 Å². The fourth-order valence-corrected chi connectivity index (χ4v) is 4.06. The summed E-state index contributed by atoms with van der Waals surface area (Å²) in [7, 11) is 0. The second-order valence-corrected chi connectivity index (χ2v) is 8.16. The van der Waals surface area contributed by atoms with Crippen molar-refractivity contribution in [2.45, 2.75) is 30.7 Å². The van der Waals surface area contributed by atoms with Crippen LogP contribution in [-0.2, 0) is 12.2 Å². The number of phenols is 1. The van der Waals surface area contributed by atoms with Crippen molar-refractivity contribution in [1.82, 2.24) is 14.9 Å². The summed E-state index contributed by atoms with van der Waals surface area (Å²) in [6.07, 6.45) is 3.11. The SMILES string of the molecule is CCCc1nnc(SCc2c(F)cccc2Cl)n1/N=C\c1cc(Br)ccc1O. The Kier molecular flexibility index (Phi) is 7.09. The van der Waals surface area contributed by atoms with Gasteiger partial charge in [-0.15, -0.1) is 10.2 Å². The number of thioether (sulfide) groups is 1. The number of phenolic OH excluding ortho intramolecular Hbond substituents is 1. The summed E-state index contributed by atoms with van der Waals surface area (Å²) < 4.78 is 16.5. The third-order valence-electron chi connectivity index (χ3n) is 3.86. The highest BCUT2D eigenvalue weighted by atomic mass is 79.9. The van der Waals surface area contributed by atoms with Crippen molar-refractivity contribution < 1.29 is 9.50 Å². The lowest BCUT2D eigenvalue weighted by atomic mass is 10.2. The molecule has 0 aliphatic rings. The van der Waals surface area contributed by atoms with Crippen molar-refractivity contribution in [3.63, 3.8) is 0 Å². The number of benzene rings is 2. The molecule has 0 bridgehead atoms. The molecule has 0 saturated carbocycles. The monoisotopic (exact) mass is 482 g/mol. The third kappa shape index (κ3) is 4.92. The molecule has 146 valence electrons. The van der Waals surface area contributed by atoms with Crippen molar-refractivity contribution in [2.24, 2.45) is 5.10 Å². The first-order valence-corrected chi connectivity index (χ1v) is 10.7. The van der Waals surface area contributed by atoms with Gasteiger partial charge in [0.25, 0.3) is 0 Å². The van der Waals surface area contributed by atoms with E-state index in [0.717, 1.165) is 10.9 Å². The van der Waals surface area contributed by atoms with E-state index < -0.39 is 0 Å². The van der Waals surface area contributed by atoms with E-state index in [1.807, 2.05) is 6.92 Å². The molecule has 9 heteroatoms. The second-order valence-electron chi connectivity index (χ2n) is 5.90. The molecule has 28 heavy (non-hydrogen) atoms. The standard InChI is InChI=1S/C19H17BrClFN4OS/c1-2-4-18-24-25-19(28-11-14-15(21)5-3-6-16(14)22)26(18)23-10-12-9-13(20)7-8-17(12)27/h3,5-10,27H,2,4,11H2,1H3/b23-10-. The van der Waals surface area contributed by atoms with Crippen molar-refractivity contribution in [1.29, 1.82) is 0 Å². The van der Waals surface area contributed by atoms with Crippen molar-refractivity contribution >= 4 is 45.5 Å². The summed E-state index contributed by atoms with van der Waals surface area (Å²) in [5, 5.41) is 23.7. The number of aromatic nitrogens is 3. The maximum atomic E-state index is 14.0. The zero-order valence-corrected chi connectivity index (χ0v) is 18.1. The molecule has 0 aliphatic carbocycles. The first-order valence-electron chi connectivity index (χ1n) is 8.52. The van der Waals surface area contributed by atoms with E-state index in [9.17, 15) is 9.50 Å². The van der Waals surface area contributed by atoms with Crippen LogP contribution in [0, 0.1) is 5.82 Å². The number of halogens is 3. The van der Waals surface area contributed by atoms with Crippen molar-refractivity contribution in [3.8, 4) is 5.75 Å². The second kappa shape index (κ2) is 9.54. The Balaban J connectivity index is 1.88. The lowest BCUT2D eigenvalue weighted by Gasteiger charge is -2.06. The number of aromatic hydroxyl groups is 1. The summed E-state index contributed by atoms with van der Waals surface area (Å²) >= 11 is 10.8. The highest BCUT2D eigenvalue weighted by molar-refractivity contribution is 9.10. The highest BCUT2D eigenvalue weighted by Gasteiger charge is 2.14. The minimum absolute atomic E-state index is 0.115. The molecule has 5 nitrogen and oxygen atoms in total. The minimum atomic E-state index is -0.359. The molecular formula is C19H17BrClFN4OS. The Hall–Kier alpha value is -1.90. The van der Waals surface area contributed by atoms with Gasteiger partial charge >= 0.3 is 0 Å². The average molecular weight is 484 g/mol. The van der Waals surface area contributed by atoms with Crippen LogP contribution < -0.4 is 0 Å². The zero-order chi connectivity index (χ0) is 20.1.